The van der Waals surface area contributed by atoms with Crippen LogP contribution in [0, 0.1) is 0 Å². The molecule has 0 radical (unpaired) electrons. The van der Waals surface area contributed by atoms with Gasteiger partial charge in [0.05, 0.1) is 13.2 Å². The molecule has 6 nitrogen and oxygen atoms in total. The van der Waals surface area contributed by atoms with Crippen molar-refractivity contribution in [1.82, 2.24) is 10.6 Å². The van der Waals surface area contributed by atoms with E-state index in [4.69, 9.17) is 9.84 Å². The summed E-state index contributed by atoms with van der Waals surface area (Å²) in [7, 11) is 1.57. The summed E-state index contributed by atoms with van der Waals surface area (Å²) in [5, 5.41) is 13.9. The number of carboxylic acid groups (broad SMARTS) is 1. The number of nitrogens with one attached hydrogen (secondary N) is 2. The monoisotopic (exact) mass is 218 g/mol. The van der Waals surface area contributed by atoms with Gasteiger partial charge in [-0.1, -0.05) is 6.92 Å². The number of aliphatic carboxylic acids is 1. The Morgan fingerprint density at radius 1 is 1.47 bits per heavy atom. The second-order valence-electron chi connectivity index (χ2n) is 3.04. The van der Waals surface area contributed by atoms with Gasteiger partial charge in [0, 0.05) is 13.7 Å². The molecule has 0 heterocycles. The molecule has 0 bridgehead atoms. The summed E-state index contributed by atoms with van der Waals surface area (Å²) < 4.78 is 4.78. The first-order chi connectivity index (χ1) is 7.11. The smallest absolute Gasteiger partial charge is 0.326 e. The summed E-state index contributed by atoms with van der Waals surface area (Å²) in [6, 6.07) is -0.804. The Labute approximate surface area is 89.0 Å². The number of rotatable bonds is 8. The van der Waals surface area contributed by atoms with Crippen LogP contribution < -0.4 is 10.6 Å². The first-order valence-corrected chi connectivity index (χ1v) is 4.83. The second kappa shape index (κ2) is 8.19. The molecule has 0 aliphatic carbocycles. The fourth-order valence-corrected chi connectivity index (χ4v) is 0.960. The minimum Gasteiger partial charge on any atom is -0.480 e. The van der Waals surface area contributed by atoms with Gasteiger partial charge in [0.1, 0.15) is 6.04 Å². The maximum Gasteiger partial charge on any atom is 0.326 e. The van der Waals surface area contributed by atoms with Gasteiger partial charge in [-0.05, 0) is 6.42 Å². The Morgan fingerprint density at radius 2 is 2.13 bits per heavy atom. The lowest BCUT2D eigenvalue weighted by atomic mass is 10.2. The van der Waals surface area contributed by atoms with Gasteiger partial charge in [0.25, 0.3) is 0 Å². The second-order valence-corrected chi connectivity index (χ2v) is 3.04. The number of hydrogen-bond acceptors (Lipinski definition) is 4. The molecule has 88 valence electrons. The zero-order chi connectivity index (χ0) is 11.7. The highest BCUT2D eigenvalue weighted by Crippen LogP contribution is 1.89. The molecule has 1 atom stereocenters. The van der Waals surface area contributed by atoms with E-state index in [-0.39, 0.29) is 12.5 Å². The zero-order valence-electron chi connectivity index (χ0n) is 9.08. The van der Waals surface area contributed by atoms with Crippen LogP contribution in [0.2, 0.25) is 0 Å². The summed E-state index contributed by atoms with van der Waals surface area (Å²) in [6.07, 6.45) is 0.374. The maximum absolute atomic E-state index is 11.2. The highest BCUT2D eigenvalue weighted by Gasteiger charge is 2.16. The van der Waals surface area contributed by atoms with E-state index in [1.807, 2.05) is 0 Å². The Kier molecular flexibility index (Phi) is 7.57. The van der Waals surface area contributed by atoms with Crippen molar-refractivity contribution in [2.75, 3.05) is 26.8 Å². The average molecular weight is 218 g/mol. The largest absolute Gasteiger partial charge is 0.480 e. The van der Waals surface area contributed by atoms with Crippen molar-refractivity contribution < 1.29 is 19.4 Å². The van der Waals surface area contributed by atoms with Crippen LogP contribution in [-0.4, -0.2) is 49.8 Å². The van der Waals surface area contributed by atoms with Crippen molar-refractivity contribution in [3.8, 4) is 0 Å². The predicted octanol–water partition coefficient (Wildman–Crippen LogP) is -0.798. The topological polar surface area (TPSA) is 87.7 Å². The van der Waals surface area contributed by atoms with E-state index >= 15 is 0 Å². The van der Waals surface area contributed by atoms with Gasteiger partial charge in [-0.2, -0.15) is 0 Å². The van der Waals surface area contributed by atoms with Gasteiger partial charge < -0.3 is 20.5 Å². The molecule has 0 aromatic rings. The number of amides is 1. The molecule has 0 aromatic heterocycles. The van der Waals surface area contributed by atoms with Crippen LogP contribution in [0.25, 0.3) is 0 Å². The summed E-state index contributed by atoms with van der Waals surface area (Å²) in [4.78, 5) is 21.8. The molecular formula is C9H18N2O4. The molecule has 0 rings (SSSR count). The van der Waals surface area contributed by atoms with Crippen LogP contribution in [0.5, 0.6) is 0 Å². The highest BCUT2D eigenvalue weighted by molar-refractivity contribution is 5.84. The quantitative estimate of drug-likeness (QED) is 0.464. The van der Waals surface area contributed by atoms with Gasteiger partial charge in [0.2, 0.25) is 5.91 Å². The van der Waals surface area contributed by atoms with Crippen molar-refractivity contribution >= 4 is 11.9 Å². The van der Waals surface area contributed by atoms with Crippen LogP contribution in [0.1, 0.15) is 13.3 Å². The van der Waals surface area contributed by atoms with Gasteiger partial charge in [0.15, 0.2) is 0 Å². The van der Waals surface area contributed by atoms with E-state index < -0.39 is 12.0 Å². The van der Waals surface area contributed by atoms with Crippen LogP contribution in [0.3, 0.4) is 0 Å². The third-order valence-electron chi connectivity index (χ3n) is 1.81. The zero-order valence-corrected chi connectivity index (χ0v) is 9.08. The van der Waals surface area contributed by atoms with Gasteiger partial charge in [-0.15, -0.1) is 0 Å². The third-order valence-corrected chi connectivity index (χ3v) is 1.81. The lowest BCUT2D eigenvalue weighted by molar-refractivity contribution is -0.141. The number of hydrogen-bond donors (Lipinski definition) is 3. The molecule has 1 unspecified atom stereocenters. The molecule has 0 saturated carbocycles. The first kappa shape index (κ1) is 13.9. The van der Waals surface area contributed by atoms with Crippen molar-refractivity contribution in [3.63, 3.8) is 0 Å². The summed E-state index contributed by atoms with van der Waals surface area (Å²) in [5.74, 6) is -1.33. The van der Waals surface area contributed by atoms with Crippen molar-refractivity contribution in [1.29, 1.82) is 0 Å². The van der Waals surface area contributed by atoms with Crippen LogP contribution >= 0.6 is 0 Å². The van der Waals surface area contributed by atoms with E-state index in [0.717, 1.165) is 0 Å². The fraction of sp³-hybridized carbons (Fsp3) is 0.778. The maximum atomic E-state index is 11.2. The molecule has 0 aromatic carbocycles. The van der Waals surface area contributed by atoms with Crippen LogP contribution in [-0.2, 0) is 14.3 Å². The number of carboxylic acids is 1. The standard InChI is InChI=1S/C9H18N2O4/c1-3-7(9(13)14)11-8(12)6-10-4-5-15-2/h7,10H,3-6H2,1-2H3,(H,11,12)(H,13,14). The molecule has 15 heavy (non-hydrogen) atoms. The normalized spacial score (nSPS) is 12.1. The molecule has 0 aliphatic rings. The Bertz CT molecular complexity index is 208. The van der Waals surface area contributed by atoms with Gasteiger partial charge in [-0.3, -0.25) is 4.79 Å². The Balaban J connectivity index is 3.67. The number of carbonyl (C=O) groups is 2. The van der Waals surface area contributed by atoms with Crippen molar-refractivity contribution in [3.05, 3.63) is 0 Å². The predicted molar refractivity (Wildman–Crippen MR) is 54.6 cm³/mol. The fourth-order valence-electron chi connectivity index (χ4n) is 0.960. The molecule has 6 heteroatoms. The SMILES string of the molecule is CCC(NC(=O)CNCCOC)C(=O)O. The molecule has 1 amide bonds. The van der Waals surface area contributed by atoms with E-state index in [1.165, 1.54) is 0 Å². The molecule has 0 spiro atoms. The molecular weight excluding hydrogens is 200 g/mol. The minimum atomic E-state index is -1.01. The summed E-state index contributed by atoms with van der Waals surface area (Å²) >= 11 is 0. The van der Waals surface area contributed by atoms with E-state index in [1.54, 1.807) is 14.0 Å². The van der Waals surface area contributed by atoms with E-state index in [0.29, 0.717) is 19.6 Å². The molecule has 3 N–H and O–H groups in total. The average Bonchev–Trinajstić information content (AvgIpc) is 2.20. The van der Waals surface area contributed by atoms with Gasteiger partial charge >= 0.3 is 5.97 Å². The molecule has 0 saturated heterocycles. The summed E-state index contributed by atoms with van der Waals surface area (Å²) in [5.41, 5.74) is 0. The lowest BCUT2D eigenvalue weighted by Crippen LogP contribution is -2.44. The number of ether oxygens (including phenoxy) is 1. The van der Waals surface area contributed by atoms with Crippen molar-refractivity contribution in [2.45, 2.75) is 19.4 Å². The summed E-state index contributed by atoms with van der Waals surface area (Å²) in [6.45, 7) is 2.89. The van der Waals surface area contributed by atoms with E-state index in [9.17, 15) is 9.59 Å². The minimum absolute atomic E-state index is 0.104. The Morgan fingerprint density at radius 3 is 2.60 bits per heavy atom. The third kappa shape index (κ3) is 6.87. The van der Waals surface area contributed by atoms with E-state index in [2.05, 4.69) is 10.6 Å². The Hall–Kier alpha value is -1.14. The van der Waals surface area contributed by atoms with Crippen molar-refractivity contribution in [2.24, 2.45) is 0 Å². The first-order valence-electron chi connectivity index (χ1n) is 4.83. The van der Waals surface area contributed by atoms with Crippen LogP contribution in [0.15, 0.2) is 0 Å². The highest BCUT2D eigenvalue weighted by atomic mass is 16.5. The lowest BCUT2D eigenvalue weighted by Gasteiger charge is -2.12. The molecule has 0 aliphatic heterocycles. The van der Waals surface area contributed by atoms with Gasteiger partial charge in [-0.25, -0.2) is 4.79 Å². The molecule has 0 fully saturated rings. The number of methoxy groups -OCH3 is 1. The van der Waals surface area contributed by atoms with Crippen LogP contribution in [0.4, 0.5) is 0 Å². The number of carbonyl (C=O) groups excluding carboxylic acids is 1.